The minimum absolute atomic E-state index is 0.240. The molecule has 0 amide bonds. The van der Waals surface area contributed by atoms with Gasteiger partial charge in [0.1, 0.15) is 5.75 Å². The summed E-state index contributed by atoms with van der Waals surface area (Å²) >= 11 is 0. The highest BCUT2D eigenvalue weighted by Gasteiger charge is 2.13. The fourth-order valence-electron chi connectivity index (χ4n) is 2.46. The molecule has 1 heterocycles. The first-order chi connectivity index (χ1) is 10.6. The Morgan fingerprint density at radius 1 is 1.14 bits per heavy atom. The van der Waals surface area contributed by atoms with Crippen LogP contribution in [0, 0.1) is 6.92 Å². The van der Waals surface area contributed by atoms with Crippen LogP contribution < -0.4 is 4.74 Å². The van der Waals surface area contributed by atoms with Gasteiger partial charge in [-0.25, -0.2) is 9.78 Å². The molecule has 0 radical (unpaired) electrons. The quantitative estimate of drug-likeness (QED) is 0.795. The summed E-state index contributed by atoms with van der Waals surface area (Å²) < 4.78 is 5.20. The van der Waals surface area contributed by atoms with Gasteiger partial charge in [0.15, 0.2) is 0 Å². The van der Waals surface area contributed by atoms with E-state index in [1.165, 1.54) is 0 Å². The maximum Gasteiger partial charge on any atom is 0.336 e. The number of benzene rings is 2. The standard InChI is InChI=1S/C18H15NO3/c1-11-4-3-5-12(8-11)16-10-15(18(20)21)14-7-6-13(22-2)9-17(14)19-16/h3-10H,1-2H3,(H,20,21). The minimum Gasteiger partial charge on any atom is -0.497 e. The second kappa shape index (κ2) is 5.48. The molecule has 4 heteroatoms. The highest BCUT2D eigenvalue weighted by atomic mass is 16.5. The minimum atomic E-state index is -0.966. The Kier molecular flexibility index (Phi) is 3.51. The van der Waals surface area contributed by atoms with Crippen molar-refractivity contribution in [1.82, 2.24) is 4.98 Å². The number of carboxylic acid groups (broad SMARTS) is 1. The van der Waals surface area contributed by atoms with E-state index in [2.05, 4.69) is 4.98 Å². The normalized spacial score (nSPS) is 10.6. The topological polar surface area (TPSA) is 59.4 Å². The van der Waals surface area contributed by atoms with E-state index in [1.54, 1.807) is 31.4 Å². The summed E-state index contributed by atoms with van der Waals surface area (Å²) in [7, 11) is 1.57. The van der Waals surface area contributed by atoms with Gasteiger partial charge in [0.25, 0.3) is 0 Å². The molecule has 0 spiro atoms. The van der Waals surface area contributed by atoms with Gasteiger partial charge in [0, 0.05) is 17.0 Å². The zero-order chi connectivity index (χ0) is 15.7. The summed E-state index contributed by atoms with van der Waals surface area (Å²) in [5.74, 6) is -0.316. The smallest absolute Gasteiger partial charge is 0.336 e. The average molecular weight is 293 g/mol. The molecule has 1 N–H and O–H groups in total. The predicted molar refractivity (Wildman–Crippen MR) is 85.4 cm³/mol. The fraction of sp³-hybridized carbons (Fsp3) is 0.111. The Hall–Kier alpha value is -2.88. The Morgan fingerprint density at radius 3 is 2.64 bits per heavy atom. The van der Waals surface area contributed by atoms with Gasteiger partial charge < -0.3 is 9.84 Å². The Morgan fingerprint density at radius 2 is 1.95 bits per heavy atom. The van der Waals surface area contributed by atoms with Crippen LogP contribution in [0.4, 0.5) is 0 Å². The lowest BCUT2D eigenvalue weighted by Crippen LogP contribution is -2.00. The van der Waals surface area contributed by atoms with Crippen molar-refractivity contribution in [2.45, 2.75) is 6.92 Å². The number of aromatic carboxylic acids is 1. The summed E-state index contributed by atoms with van der Waals surface area (Å²) in [5.41, 5.74) is 3.48. The molecule has 1 aromatic heterocycles. The molecular weight excluding hydrogens is 278 g/mol. The summed E-state index contributed by atoms with van der Waals surface area (Å²) in [5, 5.41) is 10.1. The number of aromatic nitrogens is 1. The predicted octanol–water partition coefficient (Wildman–Crippen LogP) is 3.92. The van der Waals surface area contributed by atoms with Crippen LogP contribution in [0.3, 0.4) is 0 Å². The first-order valence-corrected chi connectivity index (χ1v) is 6.87. The SMILES string of the molecule is COc1ccc2c(C(=O)O)cc(-c3cccc(C)c3)nc2c1. The third-order valence-electron chi connectivity index (χ3n) is 3.56. The molecule has 0 aliphatic carbocycles. The van der Waals surface area contributed by atoms with E-state index < -0.39 is 5.97 Å². The lowest BCUT2D eigenvalue weighted by Gasteiger charge is -2.09. The van der Waals surface area contributed by atoms with Crippen LogP contribution in [-0.2, 0) is 0 Å². The Labute approximate surface area is 128 Å². The number of hydrogen-bond acceptors (Lipinski definition) is 3. The number of methoxy groups -OCH3 is 1. The van der Waals surface area contributed by atoms with Crippen LogP contribution in [0.5, 0.6) is 5.75 Å². The molecule has 2 aromatic carbocycles. The highest BCUT2D eigenvalue weighted by Crippen LogP contribution is 2.27. The number of carbonyl (C=O) groups is 1. The van der Waals surface area contributed by atoms with Crippen molar-refractivity contribution in [3.05, 3.63) is 59.7 Å². The number of hydrogen-bond donors (Lipinski definition) is 1. The molecule has 0 unspecified atom stereocenters. The maximum absolute atomic E-state index is 11.6. The fourth-order valence-corrected chi connectivity index (χ4v) is 2.46. The van der Waals surface area contributed by atoms with Crippen molar-refractivity contribution in [3.63, 3.8) is 0 Å². The first-order valence-electron chi connectivity index (χ1n) is 6.87. The number of ether oxygens (including phenoxy) is 1. The monoisotopic (exact) mass is 293 g/mol. The van der Waals surface area contributed by atoms with Gasteiger partial charge in [-0.3, -0.25) is 0 Å². The van der Waals surface area contributed by atoms with Gasteiger partial charge in [0.05, 0.1) is 23.9 Å². The molecule has 110 valence electrons. The summed E-state index contributed by atoms with van der Waals surface area (Å²) in [6.07, 6.45) is 0. The van der Waals surface area contributed by atoms with Gasteiger partial charge in [-0.05, 0) is 31.2 Å². The molecular formula is C18H15NO3. The molecule has 3 aromatic rings. The van der Waals surface area contributed by atoms with Crippen molar-refractivity contribution < 1.29 is 14.6 Å². The first kappa shape index (κ1) is 14.1. The number of nitrogens with zero attached hydrogens (tertiary/aromatic N) is 1. The zero-order valence-corrected chi connectivity index (χ0v) is 12.3. The van der Waals surface area contributed by atoms with Crippen LogP contribution in [0.25, 0.3) is 22.2 Å². The highest BCUT2D eigenvalue weighted by molar-refractivity contribution is 6.04. The Bertz CT molecular complexity index is 871. The van der Waals surface area contributed by atoms with Crippen molar-refractivity contribution in [1.29, 1.82) is 0 Å². The third kappa shape index (κ3) is 2.51. The van der Waals surface area contributed by atoms with Gasteiger partial charge in [-0.1, -0.05) is 23.8 Å². The lowest BCUT2D eigenvalue weighted by atomic mass is 10.0. The van der Waals surface area contributed by atoms with Crippen LogP contribution in [0.2, 0.25) is 0 Å². The molecule has 0 atom stereocenters. The molecule has 0 aliphatic rings. The van der Waals surface area contributed by atoms with Crippen molar-refractivity contribution in [2.24, 2.45) is 0 Å². The van der Waals surface area contributed by atoms with Gasteiger partial charge in [-0.2, -0.15) is 0 Å². The van der Waals surface area contributed by atoms with Crippen LogP contribution in [0.15, 0.2) is 48.5 Å². The van der Waals surface area contributed by atoms with E-state index in [-0.39, 0.29) is 5.56 Å². The van der Waals surface area contributed by atoms with E-state index >= 15 is 0 Å². The number of fused-ring (bicyclic) bond motifs is 1. The van der Waals surface area contributed by atoms with Gasteiger partial charge >= 0.3 is 5.97 Å². The number of carboxylic acids is 1. The summed E-state index contributed by atoms with van der Waals surface area (Å²) in [6, 6.07) is 14.7. The van der Waals surface area contributed by atoms with E-state index in [4.69, 9.17) is 4.74 Å². The molecule has 0 saturated heterocycles. The van der Waals surface area contributed by atoms with E-state index in [0.29, 0.717) is 22.3 Å². The number of rotatable bonds is 3. The number of pyridine rings is 1. The van der Waals surface area contributed by atoms with Gasteiger partial charge in [-0.15, -0.1) is 0 Å². The molecule has 22 heavy (non-hydrogen) atoms. The van der Waals surface area contributed by atoms with Crippen molar-refractivity contribution >= 4 is 16.9 Å². The second-order valence-electron chi connectivity index (χ2n) is 5.11. The molecule has 4 nitrogen and oxygen atoms in total. The summed E-state index contributed by atoms with van der Waals surface area (Å²) in [6.45, 7) is 1.99. The van der Waals surface area contributed by atoms with E-state index in [0.717, 1.165) is 11.1 Å². The molecule has 0 bridgehead atoms. The maximum atomic E-state index is 11.6. The van der Waals surface area contributed by atoms with E-state index in [1.807, 2.05) is 31.2 Å². The van der Waals surface area contributed by atoms with Crippen LogP contribution >= 0.6 is 0 Å². The number of aryl methyl sites for hydroxylation is 1. The van der Waals surface area contributed by atoms with Gasteiger partial charge in [0.2, 0.25) is 0 Å². The Balaban J connectivity index is 2.29. The molecule has 0 aliphatic heterocycles. The summed E-state index contributed by atoms with van der Waals surface area (Å²) in [4.78, 5) is 16.2. The largest absolute Gasteiger partial charge is 0.497 e. The molecule has 3 rings (SSSR count). The second-order valence-corrected chi connectivity index (χ2v) is 5.11. The molecule has 0 saturated carbocycles. The zero-order valence-electron chi connectivity index (χ0n) is 12.3. The van der Waals surface area contributed by atoms with Crippen LogP contribution in [0.1, 0.15) is 15.9 Å². The van der Waals surface area contributed by atoms with Crippen LogP contribution in [-0.4, -0.2) is 23.2 Å². The average Bonchev–Trinajstić information content (AvgIpc) is 2.53. The van der Waals surface area contributed by atoms with Crippen molar-refractivity contribution in [3.8, 4) is 17.0 Å². The molecule has 0 fully saturated rings. The van der Waals surface area contributed by atoms with Crippen molar-refractivity contribution in [2.75, 3.05) is 7.11 Å². The van der Waals surface area contributed by atoms with E-state index in [9.17, 15) is 9.90 Å². The third-order valence-corrected chi connectivity index (χ3v) is 3.56. The lowest BCUT2D eigenvalue weighted by molar-refractivity contribution is 0.0699.